The first-order valence-electron chi connectivity index (χ1n) is 6.85. The Labute approximate surface area is 114 Å². The molecule has 4 N–H and O–H groups in total. The fourth-order valence-electron chi connectivity index (χ4n) is 2.64. The van der Waals surface area contributed by atoms with Crippen molar-refractivity contribution in [3.63, 3.8) is 0 Å². The molecule has 19 heavy (non-hydrogen) atoms. The Morgan fingerprint density at radius 2 is 2.21 bits per heavy atom. The fourth-order valence-corrected chi connectivity index (χ4v) is 2.64. The average Bonchev–Trinajstić information content (AvgIpc) is 2.97. The highest BCUT2D eigenvalue weighted by Crippen LogP contribution is 2.27. The molecule has 5 heteroatoms. The van der Waals surface area contributed by atoms with Gasteiger partial charge in [0.1, 0.15) is 5.82 Å². The van der Waals surface area contributed by atoms with Gasteiger partial charge in [0.15, 0.2) is 0 Å². The summed E-state index contributed by atoms with van der Waals surface area (Å²) < 4.78 is 0. The molecular formula is C14H22N4O. The van der Waals surface area contributed by atoms with E-state index in [9.17, 15) is 5.11 Å². The van der Waals surface area contributed by atoms with E-state index in [-0.39, 0.29) is 6.61 Å². The second kappa shape index (κ2) is 6.52. The lowest BCUT2D eigenvalue weighted by Gasteiger charge is -2.17. The van der Waals surface area contributed by atoms with Gasteiger partial charge < -0.3 is 21.1 Å². The van der Waals surface area contributed by atoms with Crippen LogP contribution in [0.2, 0.25) is 0 Å². The first-order valence-corrected chi connectivity index (χ1v) is 6.85. The second-order valence-electron chi connectivity index (χ2n) is 5.00. The molecule has 0 radical (unpaired) electrons. The Morgan fingerprint density at radius 1 is 1.47 bits per heavy atom. The number of aromatic nitrogens is 1. The third kappa shape index (κ3) is 3.23. The van der Waals surface area contributed by atoms with Crippen molar-refractivity contribution in [2.75, 3.05) is 24.2 Å². The summed E-state index contributed by atoms with van der Waals surface area (Å²) in [6.07, 6.45) is 6.46. The van der Waals surface area contributed by atoms with E-state index in [0.29, 0.717) is 17.4 Å². The molecule has 0 unspecified atom stereocenters. The highest BCUT2D eigenvalue weighted by molar-refractivity contribution is 5.88. The molecule has 2 rings (SSSR count). The van der Waals surface area contributed by atoms with Gasteiger partial charge in [-0.25, -0.2) is 4.98 Å². The quantitative estimate of drug-likeness (QED) is 0.593. The van der Waals surface area contributed by atoms with E-state index in [0.717, 1.165) is 17.8 Å². The van der Waals surface area contributed by atoms with Gasteiger partial charge in [0.2, 0.25) is 0 Å². The topological polar surface area (TPSA) is 81.0 Å². The molecule has 0 spiro atoms. The molecule has 1 fully saturated rings. The Hall–Kier alpha value is -1.62. The standard InChI is InChI=1S/C14H22N4O/c1-16-13-6-11(7-15)14(12(9-19)18-13)17-8-10-4-2-3-5-10/h6-7,10,15,17,19H,2-5,8-9H2,1H3,(H,16,18). The van der Waals surface area contributed by atoms with Gasteiger partial charge in [-0.3, -0.25) is 0 Å². The van der Waals surface area contributed by atoms with E-state index in [1.54, 1.807) is 7.05 Å². The highest BCUT2D eigenvalue weighted by atomic mass is 16.3. The molecule has 0 aliphatic heterocycles. The zero-order chi connectivity index (χ0) is 13.7. The summed E-state index contributed by atoms with van der Waals surface area (Å²) in [5, 5.41) is 23.3. The predicted octanol–water partition coefficient (Wildman–Crippen LogP) is 2.22. The van der Waals surface area contributed by atoms with Crippen LogP contribution in [0.5, 0.6) is 0 Å². The van der Waals surface area contributed by atoms with Gasteiger partial charge in [0.25, 0.3) is 0 Å². The molecule has 1 aromatic heterocycles. The minimum Gasteiger partial charge on any atom is -0.390 e. The summed E-state index contributed by atoms with van der Waals surface area (Å²) in [5.41, 5.74) is 2.16. The van der Waals surface area contributed by atoms with Crippen LogP contribution in [0, 0.1) is 11.3 Å². The predicted molar refractivity (Wildman–Crippen MR) is 78.0 cm³/mol. The van der Waals surface area contributed by atoms with Gasteiger partial charge in [-0.05, 0) is 24.8 Å². The second-order valence-corrected chi connectivity index (χ2v) is 5.00. The van der Waals surface area contributed by atoms with E-state index in [1.165, 1.54) is 31.9 Å². The van der Waals surface area contributed by atoms with E-state index in [2.05, 4.69) is 15.6 Å². The van der Waals surface area contributed by atoms with Crippen molar-refractivity contribution >= 4 is 17.7 Å². The van der Waals surface area contributed by atoms with Gasteiger partial charge in [-0.15, -0.1) is 0 Å². The average molecular weight is 262 g/mol. The van der Waals surface area contributed by atoms with Crippen LogP contribution >= 0.6 is 0 Å². The van der Waals surface area contributed by atoms with E-state index < -0.39 is 0 Å². The number of nitrogens with zero attached hydrogens (tertiary/aromatic N) is 1. The Kier molecular flexibility index (Phi) is 4.74. The van der Waals surface area contributed by atoms with Crippen molar-refractivity contribution in [2.45, 2.75) is 32.3 Å². The number of hydrogen-bond acceptors (Lipinski definition) is 5. The van der Waals surface area contributed by atoms with Crippen molar-refractivity contribution in [1.82, 2.24) is 4.98 Å². The normalized spacial score (nSPS) is 15.5. The SMILES string of the molecule is CNc1cc(C=N)c(NCC2CCCC2)c(CO)n1. The molecule has 0 bridgehead atoms. The maximum Gasteiger partial charge on any atom is 0.126 e. The number of nitrogens with one attached hydrogen (secondary N) is 3. The van der Waals surface area contributed by atoms with Gasteiger partial charge in [-0.1, -0.05) is 12.8 Å². The molecule has 104 valence electrons. The number of aliphatic hydroxyl groups excluding tert-OH is 1. The van der Waals surface area contributed by atoms with E-state index >= 15 is 0 Å². The van der Waals surface area contributed by atoms with Gasteiger partial charge in [0, 0.05) is 25.4 Å². The third-order valence-electron chi connectivity index (χ3n) is 3.73. The lowest BCUT2D eigenvalue weighted by molar-refractivity contribution is 0.277. The van der Waals surface area contributed by atoms with Crippen LogP contribution in [-0.4, -0.2) is 29.9 Å². The van der Waals surface area contributed by atoms with Crippen LogP contribution in [0.4, 0.5) is 11.5 Å². The lowest BCUT2D eigenvalue weighted by Crippen LogP contribution is -2.15. The number of aliphatic hydroxyl groups is 1. The van der Waals surface area contributed by atoms with Crippen LogP contribution in [0.3, 0.4) is 0 Å². The van der Waals surface area contributed by atoms with Crippen molar-refractivity contribution < 1.29 is 5.11 Å². The Bertz CT molecular complexity index is 441. The molecule has 5 nitrogen and oxygen atoms in total. The van der Waals surface area contributed by atoms with Crippen molar-refractivity contribution in [3.05, 3.63) is 17.3 Å². The van der Waals surface area contributed by atoms with Crippen molar-refractivity contribution in [2.24, 2.45) is 5.92 Å². The summed E-state index contributed by atoms with van der Waals surface area (Å²) in [7, 11) is 1.78. The van der Waals surface area contributed by atoms with E-state index in [1.807, 2.05) is 6.07 Å². The zero-order valence-corrected chi connectivity index (χ0v) is 11.4. The molecular weight excluding hydrogens is 240 g/mol. The van der Waals surface area contributed by atoms with E-state index in [4.69, 9.17) is 5.41 Å². The van der Waals surface area contributed by atoms with Gasteiger partial charge >= 0.3 is 0 Å². The molecule has 1 aliphatic rings. The largest absolute Gasteiger partial charge is 0.390 e. The molecule has 1 saturated carbocycles. The Balaban J connectivity index is 2.18. The molecule has 0 aromatic carbocycles. The number of anilines is 2. The van der Waals surface area contributed by atoms with Crippen molar-refractivity contribution in [1.29, 1.82) is 5.41 Å². The lowest BCUT2D eigenvalue weighted by atomic mass is 10.1. The van der Waals surface area contributed by atoms with Crippen LogP contribution in [0.25, 0.3) is 0 Å². The highest BCUT2D eigenvalue weighted by Gasteiger charge is 2.16. The van der Waals surface area contributed by atoms with Crippen LogP contribution in [-0.2, 0) is 6.61 Å². The zero-order valence-electron chi connectivity index (χ0n) is 11.4. The number of hydrogen-bond donors (Lipinski definition) is 4. The fraction of sp³-hybridized carbons (Fsp3) is 0.571. The maximum absolute atomic E-state index is 9.44. The first-order chi connectivity index (χ1) is 9.28. The van der Waals surface area contributed by atoms with Gasteiger partial charge in [0.05, 0.1) is 18.0 Å². The van der Waals surface area contributed by atoms with Crippen LogP contribution < -0.4 is 10.6 Å². The molecule has 0 atom stereocenters. The Morgan fingerprint density at radius 3 is 2.79 bits per heavy atom. The monoisotopic (exact) mass is 262 g/mol. The smallest absolute Gasteiger partial charge is 0.126 e. The minimum atomic E-state index is -0.122. The minimum absolute atomic E-state index is 0.122. The van der Waals surface area contributed by atoms with Crippen LogP contribution in [0.15, 0.2) is 6.07 Å². The summed E-state index contributed by atoms with van der Waals surface area (Å²) in [6.45, 7) is 0.776. The summed E-state index contributed by atoms with van der Waals surface area (Å²) in [4.78, 5) is 4.34. The molecule has 0 saturated heterocycles. The first kappa shape index (κ1) is 13.8. The third-order valence-corrected chi connectivity index (χ3v) is 3.73. The van der Waals surface area contributed by atoms with Gasteiger partial charge in [-0.2, -0.15) is 0 Å². The molecule has 0 amide bonds. The number of rotatable bonds is 6. The molecule has 1 aliphatic carbocycles. The summed E-state index contributed by atoms with van der Waals surface area (Å²) >= 11 is 0. The van der Waals surface area contributed by atoms with Crippen LogP contribution in [0.1, 0.15) is 36.9 Å². The summed E-state index contributed by atoms with van der Waals surface area (Å²) in [6, 6.07) is 1.82. The maximum atomic E-state index is 9.44. The summed E-state index contributed by atoms with van der Waals surface area (Å²) in [5.74, 6) is 1.38. The molecule has 1 heterocycles. The molecule has 1 aromatic rings. The van der Waals surface area contributed by atoms with Crippen molar-refractivity contribution in [3.8, 4) is 0 Å². The number of pyridine rings is 1.